The fraction of sp³-hybridized carbons (Fsp3) is 0.294. The number of nitrogens with one attached hydrogen (secondary N) is 1. The van der Waals surface area contributed by atoms with Gasteiger partial charge in [0, 0.05) is 17.6 Å². The summed E-state index contributed by atoms with van der Waals surface area (Å²) in [6.45, 7) is 1.07. The van der Waals surface area contributed by atoms with Gasteiger partial charge in [-0.2, -0.15) is 0 Å². The number of hydrogen-bond acceptors (Lipinski definition) is 3. The van der Waals surface area contributed by atoms with E-state index in [1.54, 1.807) is 0 Å². The van der Waals surface area contributed by atoms with E-state index < -0.39 is 0 Å². The van der Waals surface area contributed by atoms with Crippen LogP contribution in [0.3, 0.4) is 0 Å². The monoisotopic (exact) mass is 379 g/mol. The van der Waals surface area contributed by atoms with Crippen molar-refractivity contribution >= 4 is 27.5 Å². The van der Waals surface area contributed by atoms with Crippen LogP contribution in [-0.4, -0.2) is 6.79 Å². The molecule has 2 aromatic carbocycles. The summed E-state index contributed by atoms with van der Waals surface area (Å²) in [5, 5.41) is 4.51. The van der Waals surface area contributed by atoms with E-state index in [4.69, 9.17) is 21.1 Å². The van der Waals surface area contributed by atoms with E-state index in [0.29, 0.717) is 12.8 Å². The maximum absolute atomic E-state index is 6.27. The van der Waals surface area contributed by atoms with Crippen molar-refractivity contribution in [1.82, 2.24) is 5.32 Å². The first-order chi connectivity index (χ1) is 10.7. The Labute approximate surface area is 142 Å². The van der Waals surface area contributed by atoms with Crippen molar-refractivity contribution in [2.75, 3.05) is 6.79 Å². The number of benzene rings is 2. The third-order valence-corrected chi connectivity index (χ3v) is 5.20. The van der Waals surface area contributed by atoms with Gasteiger partial charge in [0.05, 0.1) is 4.47 Å². The van der Waals surface area contributed by atoms with E-state index in [2.05, 4.69) is 33.4 Å². The Bertz CT molecular complexity index is 735. The van der Waals surface area contributed by atoms with E-state index in [9.17, 15) is 0 Å². The Morgan fingerprint density at radius 1 is 1.27 bits per heavy atom. The Morgan fingerprint density at radius 3 is 3.09 bits per heavy atom. The lowest BCUT2D eigenvalue weighted by atomic mass is 10.1. The maximum atomic E-state index is 6.27. The van der Waals surface area contributed by atoms with Gasteiger partial charge in [0.15, 0.2) is 11.5 Å². The van der Waals surface area contributed by atoms with Crippen LogP contribution < -0.4 is 14.8 Å². The van der Waals surface area contributed by atoms with Crippen LogP contribution in [0.15, 0.2) is 34.8 Å². The minimum Gasteiger partial charge on any atom is -0.454 e. The zero-order valence-corrected chi connectivity index (χ0v) is 14.2. The molecule has 0 spiro atoms. The lowest BCUT2D eigenvalue weighted by Crippen LogP contribution is -2.18. The predicted octanol–water partition coefficient (Wildman–Crippen LogP) is 4.61. The maximum Gasteiger partial charge on any atom is 0.231 e. The molecular formula is C17H15BrClNO2. The molecule has 0 saturated carbocycles. The minimum absolute atomic E-state index is 0.291. The average molecular weight is 381 g/mol. The van der Waals surface area contributed by atoms with E-state index in [0.717, 1.165) is 40.4 Å². The Morgan fingerprint density at radius 2 is 2.18 bits per heavy atom. The highest BCUT2D eigenvalue weighted by atomic mass is 79.9. The smallest absolute Gasteiger partial charge is 0.231 e. The summed E-state index contributed by atoms with van der Waals surface area (Å²) in [6.07, 6.45) is 2.13. The van der Waals surface area contributed by atoms with Gasteiger partial charge >= 0.3 is 0 Å². The van der Waals surface area contributed by atoms with E-state index in [1.807, 2.05) is 18.2 Å². The second kappa shape index (κ2) is 5.76. The van der Waals surface area contributed by atoms with Gasteiger partial charge in [0.1, 0.15) is 0 Å². The highest BCUT2D eigenvalue weighted by Crippen LogP contribution is 2.40. The van der Waals surface area contributed by atoms with E-state index >= 15 is 0 Å². The molecule has 5 heteroatoms. The summed E-state index contributed by atoms with van der Waals surface area (Å²) in [4.78, 5) is 0. The highest BCUT2D eigenvalue weighted by molar-refractivity contribution is 9.10. The van der Waals surface area contributed by atoms with Gasteiger partial charge < -0.3 is 14.8 Å². The molecular weight excluding hydrogens is 366 g/mol. The molecule has 0 saturated heterocycles. The molecule has 4 rings (SSSR count). The van der Waals surface area contributed by atoms with Crippen molar-refractivity contribution in [2.45, 2.75) is 25.4 Å². The molecule has 0 aromatic heterocycles. The van der Waals surface area contributed by atoms with Gasteiger partial charge in [-0.05, 0) is 63.7 Å². The number of halogens is 2. The number of ether oxygens (including phenoxy) is 2. The zero-order chi connectivity index (χ0) is 15.1. The van der Waals surface area contributed by atoms with Crippen LogP contribution in [0, 0.1) is 0 Å². The zero-order valence-electron chi connectivity index (χ0n) is 11.9. The fourth-order valence-corrected chi connectivity index (χ4v) is 4.07. The molecule has 0 radical (unpaired) electrons. The fourth-order valence-electron chi connectivity index (χ4n) is 3.19. The first kappa shape index (κ1) is 14.4. The molecule has 1 aliphatic heterocycles. The molecule has 0 amide bonds. The van der Waals surface area contributed by atoms with Crippen molar-refractivity contribution in [3.8, 4) is 11.5 Å². The van der Waals surface area contributed by atoms with Crippen LogP contribution in [0.1, 0.15) is 29.2 Å². The van der Waals surface area contributed by atoms with Crippen molar-refractivity contribution in [3.05, 3.63) is 56.5 Å². The lowest BCUT2D eigenvalue weighted by Gasteiger charge is -2.15. The van der Waals surface area contributed by atoms with Gasteiger partial charge in [0.2, 0.25) is 6.79 Å². The third kappa shape index (κ3) is 2.49. The summed E-state index contributed by atoms with van der Waals surface area (Å²) in [6, 6.07) is 10.6. The average Bonchev–Trinajstić information content (AvgIpc) is 3.12. The standard InChI is InChI=1S/C17H15BrClNO2/c18-13-6-10(7-16-17(13)22-9-21-16)8-20-15-5-4-11-12(15)2-1-3-14(11)19/h1-3,6-7,15,20H,4-5,8-9H2/t15-/m0/s1. The van der Waals surface area contributed by atoms with Crippen molar-refractivity contribution in [2.24, 2.45) is 0 Å². The topological polar surface area (TPSA) is 30.5 Å². The lowest BCUT2D eigenvalue weighted by molar-refractivity contribution is 0.173. The van der Waals surface area contributed by atoms with Crippen molar-refractivity contribution < 1.29 is 9.47 Å². The highest BCUT2D eigenvalue weighted by Gasteiger charge is 2.24. The Hall–Kier alpha value is -1.23. The first-order valence-electron chi connectivity index (χ1n) is 7.31. The molecule has 3 nitrogen and oxygen atoms in total. The number of hydrogen-bond donors (Lipinski definition) is 1. The van der Waals surface area contributed by atoms with Gasteiger partial charge in [-0.1, -0.05) is 23.7 Å². The van der Waals surface area contributed by atoms with Crippen LogP contribution in [0.5, 0.6) is 11.5 Å². The molecule has 0 unspecified atom stereocenters. The summed E-state index contributed by atoms with van der Waals surface area (Å²) in [5.74, 6) is 1.60. The predicted molar refractivity (Wildman–Crippen MR) is 89.6 cm³/mol. The van der Waals surface area contributed by atoms with Gasteiger partial charge in [0.25, 0.3) is 0 Å². The second-order valence-electron chi connectivity index (χ2n) is 5.59. The van der Waals surface area contributed by atoms with Gasteiger partial charge in [-0.3, -0.25) is 0 Å². The molecule has 2 aromatic rings. The Kier molecular flexibility index (Phi) is 3.76. The largest absolute Gasteiger partial charge is 0.454 e. The molecule has 1 aliphatic carbocycles. The summed E-state index contributed by atoms with van der Waals surface area (Å²) >= 11 is 9.81. The van der Waals surface area contributed by atoms with E-state index in [-0.39, 0.29) is 0 Å². The molecule has 1 N–H and O–H groups in total. The first-order valence-corrected chi connectivity index (χ1v) is 8.48. The van der Waals surface area contributed by atoms with Crippen LogP contribution in [-0.2, 0) is 13.0 Å². The van der Waals surface area contributed by atoms with Crippen molar-refractivity contribution in [1.29, 1.82) is 0 Å². The molecule has 0 fully saturated rings. The quantitative estimate of drug-likeness (QED) is 0.843. The number of fused-ring (bicyclic) bond motifs is 2. The molecule has 2 aliphatic rings. The molecule has 1 atom stereocenters. The Balaban J connectivity index is 1.51. The summed E-state index contributed by atoms with van der Waals surface area (Å²) in [7, 11) is 0. The van der Waals surface area contributed by atoms with Crippen LogP contribution in [0.4, 0.5) is 0 Å². The van der Waals surface area contributed by atoms with Crippen LogP contribution in [0.25, 0.3) is 0 Å². The third-order valence-electron chi connectivity index (χ3n) is 4.25. The molecule has 114 valence electrons. The molecule has 0 bridgehead atoms. The van der Waals surface area contributed by atoms with E-state index in [1.165, 1.54) is 16.7 Å². The molecule has 22 heavy (non-hydrogen) atoms. The summed E-state index contributed by atoms with van der Waals surface area (Å²) in [5.41, 5.74) is 3.78. The van der Waals surface area contributed by atoms with Gasteiger partial charge in [-0.25, -0.2) is 0 Å². The minimum atomic E-state index is 0.291. The van der Waals surface area contributed by atoms with Crippen molar-refractivity contribution in [3.63, 3.8) is 0 Å². The normalized spacial score (nSPS) is 18.5. The van der Waals surface area contributed by atoms with Gasteiger partial charge in [-0.15, -0.1) is 0 Å². The molecule has 1 heterocycles. The van der Waals surface area contributed by atoms with Crippen LogP contribution in [0.2, 0.25) is 5.02 Å². The SMILES string of the molecule is Clc1cccc2c1CC[C@@H]2NCc1cc(Br)c2c(c1)OCO2. The number of rotatable bonds is 3. The second-order valence-corrected chi connectivity index (χ2v) is 6.85. The van der Waals surface area contributed by atoms with Crippen LogP contribution >= 0.6 is 27.5 Å². The summed E-state index contributed by atoms with van der Waals surface area (Å²) < 4.78 is 11.8.